The Hall–Kier alpha value is -2.04. The predicted molar refractivity (Wildman–Crippen MR) is 67.2 cm³/mol. The van der Waals surface area contributed by atoms with Gasteiger partial charge in [0.2, 0.25) is 0 Å². The van der Waals surface area contributed by atoms with Crippen LogP contribution >= 0.6 is 0 Å². The Morgan fingerprint density at radius 2 is 2.50 bits per heavy atom. The number of carbonyl (C=O) groups is 1. The van der Waals surface area contributed by atoms with Crippen molar-refractivity contribution in [2.45, 2.75) is 12.8 Å². The third-order valence-electron chi connectivity index (χ3n) is 2.73. The van der Waals surface area contributed by atoms with Crippen molar-refractivity contribution in [1.29, 1.82) is 0 Å². The highest BCUT2D eigenvalue weighted by molar-refractivity contribution is 5.87. The first kappa shape index (κ1) is 12.4. The van der Waals surface area contributed by atoms with Crippen LogP contribution in [0.1, 0.15) is 12.2 Å². The zero-order valence-electron chi connectivity index (χ0n) is 10.3. The summed E-state index contributed by atoms with van der Waals surface area (Å²) >= 11 is 0. The van der Waals surface area contributed by atoms with Gasteiger partial charge in [-0.15, -0.1) is 0 Å². The number of rotatable bonds is 5. The molecule has 1 aliphatic rings. The van der Waals surface area contributed by atoms with E-state index >= 15 is 0 Å². The fraction of sp³-hybridized carbons (Fsp3) is 0.385. The quantitative estimate of drug-likeness (QED) is 0.587. The molecule has 0 atom stereocenters. The Bertz CT molecular complexity index is 449. The number of carbonyl (C=O) groups excluding carboxylic acids is 1. The average molecular weight is 248 g/mol. The van der Waals surface area contributed by atoms with Crippen molar-refractivity contribution < 1.29 is 13.9 Å². The van der Waals surface area contributed by atoms with Gasteiger partial charge in [0.25, 0.3) is 0 Å². The third-order valence-corrected chi connectivity index (χ3v) is 2.73. The molecule has 2 heterocycles. The van der Waals surface area contributed by atoms with Crippen LogP contribution in [-0.4, -0.2) is 36.9 Å². The van der Waals surface area contributed by atoms with E-state index in [1.165, 1.54) is 13.2 Å². The lowest BCUT2D eigenvalue weighted by molar-refractivity contribution is -0.134. The Balaban J connectivity index is 1.87. The lowest BCUT2D eigenvalue weighted by Crippen LogP contribution is -2.22. The highest BCUT2D eigenvalue weighted by atomic mass is 16.5. The fourth-order valence-corrected chi connectivity index (χ4v) is 1.80. The first-order chi connectivity index (χ1) is 8.79. The summed E-state index contributed by atoms with van der Waals surface area (Å²) in [5.41, 5.74) is 0. The molecule has 1 aliphatic heterocycles. The largest absolute Gasteiger partial charge is 0.469 e. The molecule has 0 bridgehead atoms. The van der Waals surface area contributed by atoms with Gasteiger partial charge in [0.05, 0.1) is 19.9 Å². The summed E-state index contributed by atoms with van der Waals surface area (Å²) in [6.07, 6.45) is 6.42. The first-order valence-electron chi connectivity index (χ1n) is 5.88. The van der Waals surface area contributed by atoms with Gasteiger partial charge in [0.15, 0.2) is 0 Å². The normalized spacial score (nSPS) is 15.2. The molecule has 0 N–H and O–H groups in total. The molecule has 0 amide bonds. The van der Waals surface area contributed by atoms with Gasteiger partial charge in [-0.05, 0) is 12.1 Å². The second-order valence-corrected chi connectivity index (χ2v) is 3.91. The molecule has 0 aliphatic carbocycles. The highest BCUT2D eigenvalue weighted by Crippen LogP contribution is 2.10. The number of furan rings is 1. The zero-order chi connectivity index (χ0) is 12.8. The molecule has 0 saturated heterocycles. The maximum atomic E-state index is 11.0. The van der Waals surface area contributed by atoms with Crippen LogP contribution in [0.5, 0.6) is 0 Å². The van der Waals surface area contributed by atoms with Crippen LogP contribution in [0.15, 0.2) is 40.1 Å². The molecule has 0 spiro atoms. The number of aryl methyl sites for hydroxylation is 1. The van der Waals surface area contributed by atoms with Gasteiger partial charge in [-0.1, -0.05) is 0 Å². The van der Waals surface area contributed by atoms with Crippen molar-refractivity contribution in [3.63, 3.8) is 0 Å². The fourth-order valence-electron chi connectivity index (χ4n) is 1.80. The maximum Gasteiger partial charge on any atom is 0.331 e. The second-order valence-electron chi connectivity index (χ2n) is 3.91. The van der Waals surface area contributed by atoms with E-state index in [0.717, 1.165) is 37.5 Å². The summed E-state index contributed by atoms with van der Waals surface area (Å²) in [4.78, 5) is 17.4. The van der Waals surface area contributed by atoms with Crippen LogP contribution in [0, 0.1) is 0 Å². The van der Waals surface area contributed by atoms with E-state index in [0.29, 0.717) is 0 Å². The van der Waals surface area contributed by atoms with Crippen LogP contribution in [0.3, 0.4) is 0 Å². The van der Waals surface area contributed by atoms with Gasteiger partial charge in [0, 0.05) is 31.7 Å². The molecule has 0 unspecified atom stereocenters. The molecule has 18 heavy (non-hydrogen) atoms. The van der Waals surface area contributed by atoms with Crippen molar-refractivity contribution in [2.24, 2.45) is 4.99 Å². The highest BCUT2D eigenvalue weighted by Gasteiger charge is 2.14. The molecule has 0 radical (unpaired) electrons. The van der Waals surface area contributed by atoms with Gasteiger partial charge in [-0.25, -0.2) is 4.79 Å². The van der Waals surface area contributed by atoms with E-state index < -0.39 is 0 Å². The minimum atomic E-state index is -0.354. The molecule has 5 heteroatoms. The van der Waals surface area contributed by atoms with Crippen LogP contribution < -0.4 is 0 Å². The van der Waals surface area contributed by atoms with E-state index in [4.69, 9.17) is 4.42 Å². The summed E-state index contributed by atoms with van der Waals surface area (Å²) < 4.78 is 9.84. The van der Waals surface area contributed by atoms with Crippen molar-refractivity contribution in [1.82, 2.24) is 4.90 Å². The third kappa shape index (κ3) is 3.23. The molecule has 0 aromatic carbocycles. The number of aliphatic imine (C=N–C) groups is 1. The average Bonchev–Trinajstić information content (AvgIpc) is 3.04. The summed E-state index contributed by atoms with van der Waals surface area (Å²) in [6, 6.07) is 3.82. The summed E-state index contributed by atoms with van der Waals surface area (Å²) in [5.74, 6) is 1.57. The van der Waals surface area contributed by atoms with Gasteiger partial charge >= 0.3 is 5.97 Å². The SMILES string of the molecule is COC(=O)/C=C\N1CCN=C1CCc1ccco1. The van der Waals surface area contributed by atoms with Gasteiger partial charge < -0.3 is 14.1 Å². The molecule has 5 nitrogen and oxygen atoms in total. The van der Waals surface area contributed by atoms with Crippen LogP contribution in [0.25, 0.3) is 0 Å². The number of ether oxygens (including phenoxy) is 1. The number of methoxy groups -OCH3 is 1. The van der Waals surface area contributed by atoms with E-state index in [2.05, 4.69) is 9.73 Å². The van der Waals surface area contributed by atoms with Crippen LogP contribution in [-0.2, 0) is 16.0 Å². The van der Waals surface area contributed by atoms with Crippen LogP contribution in [0.4, 0.5) is 0 Å². The Kier molecular flexibility index (Phi) is 4.17. The Morgan fingerprint density at radius 3 is 3.22 bits per heavy atom. The lowest BCUT2D eigenvalue weighted by atomic mass is 10.2. The second kappa shape index (κ2) is 6.05. The van der Waals surface area contributed by atoms with Crippen molar-refractivity contribution in [2.75, 3.05) is 20.2 Å². The maximum absolute atomic E-state index is 11.0. The number of hydrogen-bond donors (Lipinski definition) is 0. The monoisotopic (exact) mass is 248 g/mol. The smallest absolute Gasteiger partial charge is 0.331 e. The summed E-state index contributed by atoms with van der Waals surface area (Å²) in [6.45, 7) is 1.57. The van der Waals surface area contributed by atoms with E-state index in [1.807, 2.05) is 17.0 Å². The van der Waals surface area contributed by atoms with E-state index in [1.54, 1.807) is 12.5 Å². The van der Waals surface area contributed by atoms with Gasteiger partial charge in [-0.2, -0.15) is 0 Å². The standard InChI is InChI=1S/C13H16N2O3/c1-17-13(16)6-8-15-9-7-14-12(15)5-4-11-3-2-10-18-11/h2-3,6,8,10H,4-5,7,9H2,1H3/b8-6-. The van der Waals surface area contributed by atoms with Crippen molar-refractivity contribution in [3.8, 4) is 0 Å². The molecule has 96 valence electrons. The Labute approximate surface area is 106 Å². The van der Waals surface area contributed by atoms with E-state index in [-0.39, 0.29) is 5.97 Å². The van der Waals surface area contributed by atoms with Crippen molar-refractivity contribution >= 4 is 11.8 Å². The summed E-state index contributed by atoms with van der Waals surface area (Å²) in [5, 5.41) is 0. The summed E-state index contributed by atoms with van der Waals surface area (Å²) in [7, 11) is 1.36. The molecule has 0 saturated carbocycles. The zero-order valence-corrected chi connectivity index (χ0v) is 10.3. The predicted octanol–water partition coefficient (Wildman–Crippen LogP) is 1.61. The lowest BCUT2D eigenvalue weighted by Gasteiger charge is -2.14. The molecule has 1 aromatic rings. The van der Waals surface area contributed by atoms with Gasteiger partial charge in [-0.3, -0.25) is 4.99 Å². The minimum Gasteiger partial charge on any atom is -0.469 e. The molecular weight excluding hydrogens is 232 g/mol. The topological polar surface area (TPSA) is 55.0 Å². The number of esters is 1. The molecule has 1 aromatic heterocycles. The van der Waals surface area contributed by atoms with Crippen LogP contribution in [0.2, 0.25) is 0 Å². The number of nitrogens with zero attached hydrogens (tertiary/aromatic N) is 2. The van der Waals surface area contributed by atoms with E-state index in [9.17, 15) is 4.79 Å². The molecular formula is C13H16N2O3. The van der Waals surface area contributed by atoms with Crippen molar-refractivity contribution in [3.05, 3.63) is 36.4 Å². The molecule has 0 fully saturated rings. The first-order valence-corrected chi connectivity index (χ1v) is 5.88. The molecule has 2 rings (SSSR count). The number of hydrogen-bond acceptors (Lipinski definition) is 5. The minimum absolute atomic E-state index is 0.354. The van der Waals surface area contributed by atoms with Gasteiger partial charge in [0.1, 0.15) is 11.6 Å². The Morgan fingerprint density at radius 1 is 1.61 bits per heavy atom. The number of amidine groups is 1.